The molecule has 1 aromatic carbocycles. The molecule has 0 saturated heterocycles. The molecule has 7 nitrogen and oxygen atoms in total. The monoisotopic (exact) mass is 315 g/mol. The van der Waals surface area contributed by atoms with Gasteiger partial charge in [0.25, 0.3) is 5.91 Å². The van der Waals surface area contributed by atoms with Crippen molar-refractivity contribution in [1.82, 2.24) is 15.4 Å². The Bertz CT molecular complexity index is 704. The molecule has 0 fully saturated rings. The average Bonchev–Trinajstić information content (AvgIpc) is 3.02. The molecule has 1 heterocycles. The topological polar surface area (TPSA) is 104 Å². The first-order valence-electron chi connectivity index (χ1n) is 7.04. The van der Waals surface area contributed by atoms with E-state index >= 15 is 0 Å². The second-order valence-corrected chi connectivity index (χ2v) is 4.69. The molecule has 0 spiro atoms. The zero-order valence-electron chi connectivity index (χ0n) is 12.6. The van der Waals surface area contributed by atoms with Crippen molar-refractivity contribution in [3.05, 3.63) is 59.2 Å². The number of carbonyl (C=O) groups is 2. The van der Waals surface area contributed by atoms with Crippen molar-refractivity contribution >= 4 is 18.0 Å². The van der Waals surface area contributed by atoms with Gasteiger partial charge in [0, 0.05) is 12.5 Å². The van der Waals surface area contributed by atoms with E-state index in [4.69, 9.17) is 9.94 Å². The standard InChI is InChI=1S/C16H17N3O4/c1-2-23-16(21)13-10-17-14(18-13)9-12-5-3-11(4-6-12)7-8-15(20)19-22/h3-8,10,22H,2,9H2,1H3,(H,17,18)(H,19,20). The summed E-state index contributed by atoms with van der Waals surface area (Å²) in [6, 6.07) is 7.46. The van der Waals surface area contributed by atoms with Crippen LogP contribution in [0.15, 0.2) is 36.5 Å². The minimum atomic E-state index is -0.587. The maximum absolute atomic E-state index is 11.6. The van der Waals surface area contributed by atoms with Crippen molar-refractivity contribution in [2.75, 3.05) is 6.61 Å². The molecule has 0 radical (unpaired) electrons. The van der Waals surface area contributed by atoms with E-state index in [0.717, 1.165) is 11.1 Å². The molecule has 2 aromatic rings. The molecule has 0 aliphatic rings. The van der Waals surface area contributed by atoms with Gasteiger partial charge < -0.3 is 9.72 Å². The van der Waals surface area contributed by atoms with Crippen LogP contribution in [0.5, 0.6) is 0 Å². The molecule has 0 aliphatic carbocycles. The number of benzene rings is 1. The first-order valence-corrected chi connectivity index (χ1v) is 7.04. The Labute approximate surface area is 133 Å². The quantitative estimate of drug-likeness (QED) is 0.326. The fourth-order valence-electron chi connectivity index (χ4n) is 1.91. The zero-order valence-corrected chi connectivity index (χ0v) is 12.6. The van der Waals surface area contributed by atoms with Crippen LogP contribution in [0.3, 0.4) is 0 Å². The lowest BCUT2D eigenvalue weighted by molar-refractivity contribution is -0.124. The van der Waals surface area contributed by atoms with E-state index in [1.54, 1.807) is 13.0 Å². The molecule has 0 bridgehead atoms. The minimum Gasteiger partial charge on any atom is -0.461 e. The van der Waals surface area contributed by atoms with Crippen LogP contribution in [-0.4, -0.2) is 33.7 Å². The molecule has 120 valence electrons. The second-order valence-electron chi connectivity index (χ2n) is 4.69. The molecule has 2 rings (SSSR count). The Morgan fingerprint density at radius 1 is 1.35 bits per heavy atom. The first kappa shape index (κ1) is 16.4. The van der Waals surface area contributed by atoms with E-state index in [9.17, 15) is 9.59 Å². The summed E-state index contributed by atoms with van der Waals surface area (Å²) in [5.74, 6) is -0.346. The molecule has 1 aromatic heterocycles. The second kappa shape index (κ2) is 7.90. The maximum Gasteiger partial charge on any atom is 0.356 e. The number of hydrogen-bond donors (Lipinski definition) is 3. The van der Waals surface area contributed by atoms with Crippen LogP contribution in [-0.2, 0) is 16.0 Å². The van der Waals surface area contributed by atoms with Gasteiger partial charge in [-0.25, -0.2) is 15.3 Å². The Hall–Kier alpha value is -2.93. The van der Waals surface area contributed by atoms with Crippen molar-refractivity contribution in [3.63, 3.8) is 0 Å². The predicted molar refractivity (Wildman–Crippen MR) is 82.8 cm³/mol. The van der Waals surface area contributed by atoms with Gasteiger partial charge in [-0.05, 0) is 24.1 Å². The predicted octanol–water partition coefficient (Wildman–Crippen LogP) is 1.70. The van der Waals surface area contributed by atoms with Gasteiger partial charge in [0.15, 0.2) is 0 Å². The minimum absolute atomic E-state index is 0.316. The fraction of sp³-hybridized carbons (Fsp3) is 0.188. The highest BCUT2D eigenvalue weighted by Gasteiger charge is 2.10. The molecule has 7 heteroatoms. The first-order chi connectivity index (χ1) is 11.1. The average molecular weight is 315 g/mol. The molecule has 0 atom stereocenters. The zero-order chi connectivity index (χ0) is 16.7. The number of nitrogens with zero attached hydrogens (tertiary/aromatic N) is 1. The highest BCUT2D eigenvalue weighted by Crippen LogP contribution is 2.10. The molecule has 0 unspecified atom stereocenters. The fourth-order valence-corrected chi connectivity index (χ4v) is 1.91. The third kappa shape index (κ3) is 4.79. The van der Waals surface area contributed by atoms with E-state index in [1.807, 2.05) is 24.3 Å². The summed E-state index contributed by atoms with van der Waals surface area (Å²) in [6.45, 7) is 2.06. The number of rotatable bonds is 6. The number of esters is 1. The molecular formula is C16H17N3O4. The lowest BCUT2D eigenvalue weighted by Gasteiger charge is -2.00. The van der Waals surface area contributed by atoms with Crippen LogP contribution < -0.4 is 5.48 Å². The van der Waals surface area contributed by atoms with Crippen LogP contribution in [0.4, 0.5) is 0 Å². The van der Waals surface area contributed by atoms with Crippen molar-refractivity contribution in [3.8, 4) is 0 Å². The molecule has 0 saturated carbocycles. The summed E-state index contributed by atoms with van der Waals surface area (Å²) in [7, 11) is 0. The van der Waals surface area contributed by atoms with Gasteiger partial charge in [0.2, 0.25) is 0 Å². The highest BCUT2D eigenvalue weighted by atomic mass is 16.5. The summed E-state index contributed by atoms with van der Waals surface area (Å²) < 4.78 is 4.89. The molecule has 1 amide bonds. The summed E-state index contributed by atoms with van der Waals surface area (Å²) in [5.41, 5.74) is 3.68. The van der Waals surface area contributed by atoms with E-state index < -0.39 is 11.9 Å². The normalized spacial score (nSPS) is 10.7. The molecule has 3 N–H and O–H groups in total. The number of hydroxylamine groups is 1. The third-order valence-electron chi connectivity index (χ3n) is 3.01. The summed E-state index contributed by atoms with van der Waals surface area (Å²) in [5, 5.41) is 8.40. The number of hydrogen-bond acceptors (Lipinski definition) is 5. The molecule has 0 aliphatic heterocycles. The Kier molecular flexibility index (Phi) is 5.65. The van der Waals surface area contributed by atoms with Crippen molar-refractivity contribution < 1.29 is 19.5 Å². The Morgan fingerprint density at radius 2 is 2.09 bits per heavy atom. The van der Waals surface area contributed by atoms with Crippen molar-refractivity contribution in [1.29, 1.82) is 0 Å². The summed E-state index contributed by atoms with van der Waals surface area (Å²) >= 11 is 0. The number of nitrogens with one attached hydrogen (secondary N) is 2. The molecular weight excluding hydrogens is 298 g/mol. The smallest absolute Gasteiger partial charge is 0.356 e. The van der Waals surface area contributed by atoms with Gasteiger partial charge in [-0.2, -0.15) is 0 Å². The van der Waals surface area contributed by atoms with Gasteiger partial charge in [-0.1, -0.05) is 24.3 Å². The number of aromatic amines is 1. The number of ether oxygens (including phenoxy) is 1. The summed E-state index contributed by atoms with van der Waals surface area (Å²) in [6.07, 6.45) is 4.81. The highest BCUT2D eigenvalue weighted by molar-refractivity contribution is 5.90. The van der Waals surface area contributed by atoms with Gasteiger partial charge in [0.1, 0.15) is 11.5 Å². The van der Waals surface area contributed by atoms with Crippen LogP contribution in [0, 0.1) is 0 Å². The summed E-state index contributed by atoms with van der Waals surface area (Å²) in [4.78, 5) is 29.5. The van der Waals surface area contributed by atoms with Gasteiger partial charge in [0.05, 0.1) is 12.8 Å². The van der Waals surface area contributed by atoms with Crippen LogP contribution in [0.1, 0.15) is 34.4 Å². The van der Waals surface area contributed by atoms with Crippen molar-refractivity contribution in [2.24, 2.45) is 0 Å². The third-order valence-corrected chi connectivity index (χ3v) is 3.01. The Morgan fingerprint density at radius 3 is 2.74 bits per heavy atom. The van der Waals surface area contributed by atoms with E-state index in [-0.39, 0.29) is 0 Å². The number of H-pyrrole nitrogens is 1. The number of imidazole rings is 1. The van der Waals surface area contributed by atoms with Crippen LogP contribution in [0.2, 0.25) is 0 Å². The lowest BCUT2D eigenvalue weighted by atomic mass is 10.1. The van der Waals surface area contributed by atoms with Crippen molar-refractivity contribution in [2.45, 2.75) is 13.3 Å². The SMILES string of the molecule is CCOC(=O)c1cnc(Cc2ccc(C=CC(=O)NO)cc2)[nH]1. The number of amides is 1. The largest absolute Gasteiger partial charge is 0.461 e. The lowest BCUT2D eigenvalue weighted by Crippen LogP contribution is -2.14. The molecule has 23 heavy (non-hydrogen) atoms. The van der Waals surface area contributed by atoms with Crippen LogP contribution >= 0.6 is 0 Å². The van der Waals surface area contributed by atoms with Crippen LogP contribution in [0.25, 0.3) is 6.08 Å². The van der Waals surface area contributed by atoms with Gasteiger partial charge in [-0.15, -0.1) is 0 Å². The Balaban J connectivity index is 2.00. The maximum atomic E-state index is 11.6. The van der Waals surface area contributed by atoms with E-state index in [2.05, 4.69) is 9.97 Å². The van der Waals surface area contributed by atoms with E-state index in [0.29, 0.717) is 24.5 Å². The van der Waals surface area contributed by atoms with Gasteiger partial charge in [-0.3, -0.25) is 10.0 Å². The van der Waals surface area contributed by atoms with E-state index in [1.165, 1.54) is 17.8 Å². The number of carbonyl (C=O) groups excluding carboxylic acids is 2. The number of aromatic nitrogens is 2. The van der Waals surface area contributed by atoms with Gasteiger partial charge >= 0.3 is 5.97 Å².